The van der Waals surface area contributed by atoms with Crippen molar-refractivity contribution in [1.29, 1.82) is 0 Å². The molecule has 0 saturated heterocycles. The van der Waals surface area contributed by atoms with Crippen LogP contribution in [0.1, 0.15) is 38.6 Å². The zero-order valence-corrected chi connectivity index (χ0v) is 11.6. The monoisotopic (exact) mass is 273 g/mol. The van der Waals surface area contributed by atoms with Gasteiger partial charge in [0.05, 0.1) is 5.69 Å². The van der Waals surface area contributed by atoms with Crippen LogP contribution < -0.4 is 0 Å². The molecule has 0 atom stereocenters. The van der Waals surface area contributed by atoms with Crippen molar-refractivity contribution in [3.63, 3.8) is 0 Å². The van der Waals surface area contributed by atoms with Crippen LogP contribution in [0.15, 0.2) is 18.2 Å². The Hall–Kier alpha value is -1.68. The molecule has 1 N–H and O–H groups in total. The first-order valence-electron chi connectivity index (χ1n) is 6.48. The quantitative estimate of drug-likeness (QED) is 0.907. The van der Waals surface area contributed by atoms with E-state index in [9.17, 15) is 4.79 Å². The SMILES string of the molecule is Cc1sc(C(=O)O)nc1-c1ccc2c(c1)CCCC2. The molecule has 1 aliphatic carbocycles. The van der Waals surface area contributed by atoms with Crippen molar-refractivity contribution in [2.75, 3.05) is 0 Å². The first-order valence-corrected chi connectivity index (χ1v) is 7.29. The molecule has 98 valence electrons. The second-order valence-electron chi connectivity index (χ2n) is 4.92. The lowest BCUT2D eigenvalue weighted by Crippen LogP contribution is -2.02. The number of fused-ring (bicyclic) bond motifs is 1. The van der Waals surface area contributed by atoms with E-state index in [0.29, 0.717) is 0 Å². The van der Waals surface area contributed by atoms with Crippen molar-refractivity contribution >= 4 is 17.3 Å². The van der Waals surface area contributed by atoms with Gasteiger partial charge in [0.2, 0.25) is 5.01 Å². The Bertz CT molecular complexity index is 646. The van der Waals surface area contributed by atoms with Crippen molar-refractivity contribution in [1.82, 2.24) is 4.98 Å². The van der Waals surface area contributed by atoms with Gasteiger partial charge in [0, 0.05) is 10.4 Å². The predicted molar refractivity (Wildman–Crippen MR) is 75.9 cm³/mol. The van der Waals surface area contributed by atoms with E-state index in [4.69, 9.17) is 5.11 Å². The largest absolute Gasteiger partial charge is 0.476 e. The van der Waals surface area contributed by atoms with Gasteiger partial charge in [-0.15, -0.1) is 11.3 Å². The average Bonchev–Trinajstić information content (AvgIpc) is 2.80. The number of aromatic carboxylic acids is 1. The molecule has 19 heavy (non-hydrogen) atoms. The maximum absolute atomic E-state index is 11.0. The van der Waals surface area contributed by atoms with E-state index < -0.39 is 5.97 Å². The fourth-order valence-electron chi connectivity index (χ4n) is 2.64. The smallest absolute Gasteiger partial charge is 0.365 e. The molecule has 1 aliphatic rings. The molecule has 4 heteroatoms. The maximum Gasteiger partial charge on any atom is 0.365 e. The van der Waals surface area contributed by atoms with Crippen LogP contribution in [-0.2, 0) is 12.8 Å². The molecule has 0 saturated carbocycles. The number of carboxylic acids is 1. The Morgan fingerprint density at radius 2 is 2.00 bits per heavy atom. The molecule has 0 radical (unpaired) electrons. The summed E-state index contributed by atoms with van der Waals surface area (Å²) in [5.74, 6) is -0.947. The third-order valence-corrected chi connectivity index (χ3v) is 4.56. The van der Waals surface area contributed by atoms with E-state index in [1.807, 2.05) is 6.92 Å². The minimum absolute atomic E-state index is 0.172. The zero-order valence-electron chi connectivity index (χ0n) is 10.8. The number of carbonyl (C=O) groups is 1. The number of carboxylic acid groups (broad SMARTS) is 1. The topological polar surface area (TPSA) is 50.2 Å². The molecule has 1 aromatic carbocycles. The van der Waals surface area contributed by atoms with E-state index in [-0.39, 0.29) is 5.01 Å². The Kier molecular flexibility index (Phi) is 3.11. The lowest BCUT2D eigenvalue weighted by molar-refractivity contribution is 0.0696. The minimum atomic E-state index is -0.947. The van der Waals surface area contributed by atoms with E-state index in [2.05, 4.69) is 23.2 Å². The third-order valence-electron chi connectivity index (χ3n) is 3.60. The molecular weight excluding hydrogens is 258 g/mol. The van der Waals surface area contributed by atoms with Crippen molar-refractivity contribution in [3.05, 3.63) is 39.2 Å². The van der Waals surface area contributed by atoms with Gasteiger partial charge < -0.3 is 5.11 Å². The van der Waals surface area contributed by atoms with Gasteiger partial charge in [0.1, 0.15) is 0 Å². The van der Waals surface area contributed by atoms with E-state index >= 15 is 0 Å². The number of hydrogen-bond acceptors (Lipinski definition) is 3. The molecule has 0 fully saturated rings. The number of rotatable bonds is 2. The van der Waals surface area contributed by atoms with Crippen LogP contribution in [0.5, 0.6) is 0 Å². The van der Waals surface area contributed by atoms with Crippen LogP contribution in [0, 0.1) is 6.92 Å². The summed E-state index contributed by atoms with van der Waals surface area (Å²) in [4.78, 5) is 16.2. The fourth-order valence-corrected chi connectivity index (χ4v) is 3.41. The molecule has 1 aromatic heterocycles. The van der Waals surface area contributed by atoms with Gasteiger partial charge in [-0.1, -0.05) is 12.1 Å². The summed E-state index contributed by atoms with van der Waals surface area (Å²) in [6.45, 7) is 1.93. The van der Waals surface area contributed by atoms with Gasteiger partial charge >= 0.3 is 5.97 Å². The van der Waals surface area contributed by atoms with Crippen LogP contribution in [-0.4, -0.2) is 16.1 Å². The zero-order chi connectivity index (χ0) is 13.4. The number of benzene rings is 1. The first-order chi connectivity index (χ1) is 9.15. The molecule has 0 amide bonds. The fraction of sp³-hybridized carbons (Fsp3) is 0.333. The standard InChI is InChI=1S/C15H15NO2S/c1-9-13(16-14(19-9)15(17)18)12-7-6-10-4-2-3-5-11(10)8-12/h6-8H,2-5H2,1H3,(H,17,18). The molecule has 0 bridgehead atoms. The lowest BCUT2D eigenvalue weighted by atomic mass is 9.90. The molecule has 1 heterocycles. The molecule has 0 spiro atoms. The average molecular weight is 273 g/mol. The number of thiazole rings is 1. The van der Waals surface area contributed by atoms with E-state index in [1.165, 1.54) is 35.3 Å². The van der Waals surface area contributed by atoms with E-state index in [0.717, 1.165) is 29.0 Å². The van der Waals surface area contributed by atoms with Crippen LogP contribution >= 0.6 is 11.3 Å². The third kappa shape index (κ3) is 2.28. The highest BCUT2D eigenvalue weighted by atomic mass is 32.1. The lowest BCUT2D eigenvalue weighted by Gasteiger charge is -2.16. The van der Waals surface area contributed by atoms with Gasteiger partial charge in [-0.2, -0.15) is 0 Å². The molecular formula is C15H15NO2S. The Morgan fingerprint density at radius 1 is 1.26 bits per heavy atom. The summed E-state index contributed by atoms with van der Waals surface area (Å²) >= 11 is 1.24. The van der Waals surface area contributed by atoms with Gasteiger partial charge in [-0.25, -0.2) is 9.78 Å². The Labute approximate surface area is 115 Å². The summed E-state index contributed by atoms with van der Waals surface area (Å²) in [6.07, 6.45) is 4.79. The van der Waals surface area contributed by atoms with Crippen molar-refractivity contribution in [2.45, 2.75) is 32.6 Å². The summed E-state index contributed by atoms with van der Waals surface area (Å²) < 4.78 is 0. The second kappa shape index (κ2) is 4.78. The molecule has 3 nitrogen and oxygen atoms in total. The Balaban J connectivity index is 2.04. The second-order valence-corrected chi connectivity index (χ2v) is 6.12. The van der Waals surface area contributed by atoms with Gasteiger partial charge in [-0.3, -0.25) is 0 Å². The minimum Gasteiger partial charge on any atom is -0.476 e. The number of aryl methyl sites for hydroxylation is 3. The predicted octanol–water partition coefficient (Wildman–Crippen LogP) is 3.70. The molecule has 0 unspecified atom stereocenters. The normalized spacial score (nSPS) is 14.2. The van der Waals surface area contributed by atoms with Gasteiger partial charge in [-0.05, 0) is 49.8 Å². The molecule has 2 aromatic rings. The first kappa shape index (κ1) is 12.4. The highest BCUT2D eigenvalue weighted by Crippen LogP contribution is 2.31. The van der Waals surface area contributed by atoms with Crippen LogP contribution in [0.4, 0.5) is 0 Å². The van der Waals surface area contributed by atoms with Gasteiger partial charge in [0.15, 0.2) is 0 Å². The maximum atomic E-state index is 11.0. The van der Waals surface area contributed by atoms with Gasteiger partial charge in [0.25, 0.3) is 0 Å². The highest BCUT2D eigenvalue weighted by molar-refractivity contribution is 7.13. The number of hydrogen-bond donors (Lipinski definition) is 1. The summed E-state index contributed by atoms with van der Waals surface area (Å²) in [6, 6.07) is 6.42. The highest BCUT2D eigenvalue weighted by Gasteiger charge is 2.16. The number of aromatic nitrogens is 1. The number of nitrogens with zero attached hydrogens (tertiary/aromatic N) is 1. The summed E-state index contributed by atoms with van der Waals surface area (Å²) in [5, 5.41) is 9.18. The van der Waals surface area contributed by atoms with Crippen LogP contribution in [0.2, 0.25) is 0 Å². The summed E-state index contributed by atoms with van der Waals surface area (Å²) in [5.41, 5.74) is 4.69. The van der Waals surface area contributed by atoms with E-state index in [1.54, 1.807) is 0 Å². The molecule has 3 rings (SSSR count). The van der Waals surface area contributed by atoms with Crippen LogP contribution in [0.3, 0.4) is 0 Å². The molecule has 0 aliphatic heterocycles. The Morgan fingerprint density at radius 3 is 2.68 bits per heavy atom. The van der Waals surface area contributed by atoms with Crippen molar-refractivity contribution < 1.29 is 9.90 Å². The van der Waals surface area contributed by atoms with Crippen LogP contribution in [0.25, 0.3) is 11.3 Å². The summed E-state index contributed by atoms with van der Waals surface area (Å²) in [7, 11) is 0. The van der Waals surface area contributed by atoms with Crippen molar-refractivity contribution in [3.8, 4) is 11.3 Å². The van der Waals surface area contributed by atoms with Crippen molar-refractivity contribution in [2.24, 2.45) is 0 Å².